The largest absolute Gasteiger partial charge is 0.467 e. The summed E-state index contributed by atoms with van der Waals surface area (Å²) in [5, 5.41) is 5.76. The lowest BCUT2D eigenvalue weighted by Crippen LogP contribution is -2.53. The van der Waals surface area contributed by atoms with Gasteiger partial charge in [0.1, 0.15) is 17.6 Å². The molecule has 1 aliphatic rings. The fourth-order valence-corrected chi connectivity index (χ4v) is 4.35. The Bertz CT molecular complexity index is 1190. The van der Waals surface area contributed by atoms with E-state index in [-0.39, 0.29) is 30.2 Å². The Labute approximate surface area is 203 Å². The highest BCUT2D eigenvalue weighted by atomic mass is 19.1. The van der Waals surface area contributed by atoms with Crippen LogP contribution in [0.1, 0.15) is 44.9 Å². The van der Waals surface area contributed by atoms with Gasteiger partial charge in [-0.2, -0.15) is 0 Å². The molecule has 7 nitrogen and oxygen atoms in total. The van der Waals surface area contributed by atoms with E-state index in [1.54, 1.807) is 41.3 Å². The van der Waals surface area contributed by atoms with Crippen molar-refractivity contribution < 1.29 is 23.2 Å². The van der Waals surface area contributed by atoms with Crippen LogP contribution in [0.15, 0.2) is 71.3 Å². The summed E-state index contributed by atoms with van der Waals surface area (Å²) in [6, 6.07) is 15.5. The lowest BCUT2D eigenvalue weighted by Gasteiger charge is -2.36. The smallest absolute Gasteiger partial charge is 0.253 e. The van der Waals surface area contributed by atoms with Crippen LogP contribution in [0.2, 0.25) is 0 Å². The van der Waals surface area contributed by atoms with E-state index in [4.69, 9.17) is 4.42 Å². The number of carbonyl (C=O) groups excluding carboxylic acids is 3. The average molecular weight is 478 g/mol. The highest BCUT2D eigenvalue weighted by Crippen LogP contribution is 2.23. The lowest BCUT2D eigenvalue weighted by atomic mass is 9.88. The molecule has 2 aromatic carbocycles. The molecule has 3 amide bonds. The minimum absolute atomic E-state index is 0.170. The molecule has 1 atom stereocenters. The molecule has 3 aromatic rings. The first-order valence-electron chi connectivity index (χ1n) is 11.6. The van der Waals surface area contributed by atoms with Gasteiger partial charge < -0.3 is 20.0 Å². The average Bonchev–Trinajstić information content (AvgIpc) is 3.39. The predicted octanol–water partition coefficient (Wildman–Crippen LogP) is 3.69. The fourth-order valence-electron chi connectivity index (χ4n) is 4.35. The zero-order valence-corrected chi connectivity index (χ0v) is 19.5. The molecule has 1 saturated heterocycles. The molecular formula is C27H28FN3O4. The number of nitrogens with zero attached hydrogens (tertiary/aromatic N) is 1. The zero-order chi connectivity index (χ0) is 24.8. The number of hydrogen-bond donors (Lipinski definition) is 2. The first-order chi connectivity index (χ1) is 16.9. The minimum atomic E-state index is -0.774. The summed E-state index contributed by atoms with van der Waals surface area (Å²) in [7, 11) is 0. The quantitative estimate of drug-likeness (QED) is 0.543. The molecule has 0 spiro atoms. The number of piperidine rings is 1. The number of likely N-dealkylation sites (tertiary alicyclic amines) is 1. The van der Waals surface area contributed by atoms with E-state index in [1.165, 1.54) is 24.5 Å². The molecule has 1 aromatic heterocycles. The molecular weight excluding hydrogens is 449 g/mol. The number of amides is 3. The van der Waals surface area contributed by atoms with Crippen molar-refractivity contribution in [2.45, 2.75) is 32.4 Å². The first-order valence-corrected chi connectivity index (χ1v) is 11.6. The van der Waals surface area contributed by atoms with Gasteiger partial charge in [0.2, 0.25) is 5.91 Å². The Morgan fingerprint density at radius 3 is 2.46 bits per heavy atom. The minimum Gasteiger partial charge on any atom is -0.467 e. The number of nitrogens with one attached hydrogen (secondary N) is 2. The normalized spacial score (nSPS) is 14.9. The van der Waals surface area contributed by atoms with E-state index in [2.05, 4.69) is 10.6 Å². The maximum absolute atomic E-state index is 13.6. The summed E-state index contributed by atoms with van der Waals surface area (Å²) in [6.45, 7) is 2.92. The second-order valence-electron chi connectivity index (χ2n) is 8.76. The molecule has 8 heteroatoms. The number of carbonyl (C=O) groups is 3. The number of halogens is 1. The highest BCUT2D eigenvalue weighted by Gasteiger charge is 2.34. The number of benzene rings is 2. The maximum atomic E-state index is 13.6. The van der Waals surface area contributed by atoms with Crippen LogP contribution >= 0.6 is 0 Å². The van der Waals surface area contributed by atoms with Crippen LogP contribution in [0.4, 0.5) is 4.39 Å². The van der Waals surface area contributed by atoms with Crippen LogP contribution in [-0.2, 0) is 11.3 Å². The van der Waals surface area contributed by atoms with Crippen molar-refractivity contribution in [2.75, 3.05) is 13.1 Å². The standard InChI is InChI=1S/C27H28FN3O4/c1-18-5-2-6-20(15-18)25(32)30-24(26(33)29-17-23-9-4-14-35-23)19-10-12-31(13-11-19)27(34)21-7-3-8-22(28)16-21/h2-9,14-16,19,24H,10-13,17H2,1H3,(H,29,33)(H,30,32)/t24-/m1/s1. The third kappa shape index (κ3) is 6.15. The SMILES string of the molecule is Cc1cccc(C(=O)N[C@@H](C(=O)NCc2ccco2)C2CCN(C(=O)c3cccc(F)c3)CC2)c1. The van der Waals surface area contributed by atoms with E-state index in [1.807, 2.05) is 13.0 Å². The van der Waals surface area contributed by atoms with Gasteiger partial charge in [-0.05, 0) is 68.1 Å². The summed E-state index contributed by atoms with van der Waals surface area (Å²) in [5.41, 5.74) is 1.72. The number of rotatable bonds is 7. The molecule has 2 N–H and O–H groups in total. The summed E-state index contributed by atoms with van der Waals surface area (Å²) in [5.74, 6) is -0.902. The van der Waals surface area contributed by atoms with Crippen molar-refractivity contribution in [2.24, 2.45) is 5.92 Å². The molecule has 0 radical (unpaired) electrons. The molecule has 0 bridgehead atoms. The maximum Gasteiger partial charge on any atom is 0.253 e. The van der Waals surface area contributed by atoms with Crippen molar-refractivity contribution >= 4 is 17.7 Å². The van der Waals surface area contributed by atoms with Gasteiger partial charge in [0, 0.05) is 24.2 Å². The molecule has 1 fully saturated rings. The summed E-state index contributed by atoms with van der Waals surface area (Å²) >= 11 is 0. The van der Waals surface area contributed by atoms with Gasteiger partial charge >= 0.3 is 0 Å². The number of furan rings is 1. The Balaban J connectivity index is 1.44. The second-order valence-corrected chi connectivity index (χ2v) is 8.76. The molecule has 182 valence electrons. The third-order valence-corrected chi connectivity index (χ3v) is 6.24. The van der Waals surface area contributed by atoms with Gasteiger partial charge in [-0.25, -0.2) is 4.39 Å². The number of hydrogen-bond acceptors (Lipinski definition) is 4. The van der Waals surface area contributed by atoms with E-state index < -0.39 is 11.9 Å². The molecule has 35 heavy (non-hydrogen) atoms. The van der Waals surface area contributed by atoms with Gasteiger partial charge in [-0.1, -0.05) is 23.8 Å². The molecule has 2 heterocycles. The van der Waals surface area contributed by atoms with E-state index in [9.17, 15) is 18.8 Å². The van der Waals surface area contributed by atoms with Crippen molar-refractivity contribution in [3.63, 3.8) is 0 Å². The molecule has 0 aliphatic carbocycles. The van der Waals surface area contributed by atoms with Crippen molar-refractivity contribution in [3.05, 3.63) is 95.2 Å². The van der Waals surface area contributed by atoms with Crippen molar-refractivity contribution in [3.8, 4) is 0 Å². The monoisotopic (exact) mass is 477 g/mol. The van der Waals surface area contributed by atoms with Crippen LogP contribution < -0.4 is 10.6 Å². The topological polar surface area (TPSA) is 91.7 Å². The van der Waals surface area contributed by atoms with E-state index in [0.29, 0.717) is 42.8 Å². The first kappa shape index (κ1) is 24.2. The molecule has 1 aliphatic heterocycles. The third-order valence-electron chi connectivity index (χ3n) is 6.24. The Morgan fingerprint density at radius 2 is 1.77 bits per heavy atom. The van der Waals surface area contributed by atoms with Gasteiger partial charge in [0.05, 0.1) is 12.8 Å². The zero-order valence-electron chi connectivity index (χ0n) is 19.5. The van der Waals surface area contributed by atoms with Crippen LogP contribution in [0.25, 0.3) is 0 Å². The lowest BCUT2D eigenvalue weighted by molar-refractivity contribution is -0.124. The predicted molar refractivity (Wildman–Crippen MR) is 128 cm³/mol. The Morgan fingerprint density at radius 1 is 1.03 bits per heavy atom. The van der Waals surface area contributed by atoms with Crippen LogP contribution in [0.3, 0.4) is 0 Å². The Kier molecular flexibility index (Phi) is 7.60. The fraction of sp³-hybridized carbons (Fsp3) is 0.296. The van der Waals surface area contributed by atoms with Gasteiger partial charge in [0.15, 0.2) is 0 Å². The van der Waals surface area contributed by atoms with Crippen molar-refractivity contribution in [1.29, 1.82) is 0 Å². The van der Waals surface area contributed by atoms with E-state index in [0.717, 1.165) is 5.56 Å². The highest BCUT2D eigenvalue weighted by molar-refractivity contribution is 5.98. The Hall–Kier alpha value is -3.94. The summed E-state index contributed by atoms with van der Waals surface area (Å²) < 4.78 is 18.8. The molecule has 4 rings (SSSR count). The van der Waals surface area contributed by atoms with Gasteiger partial charge in [0.25, 0.3) is 11.8 Å². The summed E-state index contributed by atoms with van der Waals surface area (Å²) in [6.07, 6.45) is 2.58. The number of aryl methyl sites for hydroxylation is 1. The van der Waals surface area contributed by atoms with Crippen LogP contribution in [-0.4, -0.2) is 41.8 Å². The second kappa shape index (κ2) is 11.0. The summed E-state index contributed by atoms with van der Waals surface area (Å²) in [4.78, 5) is 40.6. The molecule has 0 unspecified atom stereocenters. The van der Waals surface area contributed by atoms with Crippen LogP contribution in [0.5, 0.6) is 0 Å². The van der Waals surface area contributed by atoms with Crippen molar-refractivity contribution in [1.82, 2.24) is 15.5 Å². The van der Waals surface area contributed by atoms with E-state index >= 15 is 0 Å². The van der Waals surface area contributed by atoms with Gasteiger partial charge in [-0.15, -0.1) is 0 Å². The van der Waals surface area contributed by atoms with Gasteiger partial charge in [-0.3, -0.25) is 14.4 Å². The van der Waals surface area contributed by atoms with Crippen LogP contribution in [0, 0.1) is 18.7 Å². The molecule has 0 saturated carbocycles.